The van der Waals surface area contributed by atoms with Crippen LogP contribution < -0.4 is 5.76 Å². The molecule has 0 radical (unpaired) electrons. The predicted octanol–water partition coefficient (Wildman–Crippen LogP) is 0.635. The maximum absolute atomic E-state index is 11.4. The molecule has 6 nitrogen and oxygen atoms in total. The highest BCUT2D eigenvalue weighted by Gasteiger charge is 2.20. The van der Waals surface area contributed by atoms with Crippen molar-refractivity contribution in [2.75, 3.05) is 0 Å². The molecular weight excluding hydrogens is 200 g/mol. The van der Waals surface area contributed by atoms with Gasteiger partial charge in [0.05, 0.1) is 0 Å². The van der Waals surface area contributed by atoms with Crippen molar-refractivity contribution in [2.24, 2.45) is 0 Å². The number of nitrogens with zero attached hydrogens (tertiary/aromatic N) is 2. The van der Waals surface area contributed by atoms with E-state index in [4.69, 9.17) is 9.52 Å². The van der Waals surface area contributed by atoms with E-state index in [1.807, 2.05) is 0 Å². The van der Waals surface area contributed by atoms with Gasteiger partial charge in [-0.05, 0) is 19.1 Å². The van der Waals surface area contributed by atoms with Gasteiger partial charge in [-0.15, -0.1) is 0 Å². The molecule has 0 spiro atoms. The van der Waals surface area contributed by atoms with Gasteiger partial charge in [0.15, 0.2) is 11.2 Å². The number of carbonyl (C=O) groups is 1. The van der Waals surface area contributed by atoms with E-state index in [9.17, 15) is 9.59 Å². The first-order valence-corrected chi connectivity index (χ1v) is 4.30. The minimum atomic E-state index is -1.11. The third kappa shape index (κ3) is 1.39. The number of fused-ring (bicyclic) bond motifs is 1. The van der Waals surface area contributed by atoms with Crippen molar-refractivity contribution in [3.05, 3.63) is 28.9 Å². The van der Waals surface area contributed by atoms with E-state index in [2.05, 4.69) is 4.98 Å². The Morgan fingerprint density at radius 2 is 2.40 bits per heavy atom. The van der Waals surface area contributed by atoms with E-state index in [0.717, 1.165) is 4.57 Å². The van der Waals surface area contributed by atoms with Crippen LogP contribution in [0.2, 0.25) is 0 Å². The van der Waals surface area contributed by atoms with Gasteiger partial charge in [-0.2, -0.15) is 0 Å². The van der Waals surface area contributed by atoms with Crippen molar-refractivity contribution in [3.63, 3.8) is 0 Å². The summed E-state index contributed by atoms with van der Waals surface area (Å²) in [5, 5.41) is 8.81. The standard InChI is InChI=1S/C9H8N2O4/c1-5(8(12)13)11-7-6(15-9(11)14)3-2-4-10-7/h2-5H,1H3,(H,12,13). The molecule has 78 valence electrons. The molecule has 0 saturated heterocycles. The molecule has 0 aliphatic heterocycles. The van der Waals surface area contributed by atoms with E-state index in [-0.39, 0.29) is 11.2 Å². The van der Waals surface area contributed by atoms with Crippen molar-refractivity contribution >= 4 is 17.2 Å². The smallest absolute Gasteiger partial charge is 0.422 e. The SMILES string of the molecule is CC(C(=O)O)n1c(=O)oc2cccnc21. The van der Waals surface area contributed by atoms with Gasteiger partial charge in [-0.3, -0.25) is 0 Å². The molecule has 2 aromatic rings. The van der Waals surface area contributed by atoms with Gasteiger partial charge in [0.2, 0.25) is 0 Å². The number of rotatable bonds is 2. The van der Waals surface area contributed by atoms with E-state index in [1.54, 1.807) is 12.1 Å². The molecule has 0 aromatic carbocycles. The van der Waals surface area contributed by atoms with Crippen LogP contribution in [0.5, 0.6) is 0 Å². The van der Waals surface area contributed by atoms with Gasteiger partial charge < -0.3 is 9.52 Å². The number of aromatic nitrogens is 2. The highest BCUT2D eigenvalue weighted by atomic mass is 16.4. The largest absolute Gasteiger partial charge is 0.480 e. The zero-order chi connectivity index (χ0) is 11.0. The Bertz CT molecular complexity index is 569. The van der Waals surface area contributed by atoms with Gasteiger partial charge in [-0.25, -0.2) is 19.1 Å². The van der Waals surface area contributed by atoms with Crippen LogP contribution in [-0.4, -0.2) is 20.6 Å². The Hall–Kier alpha value is -2.11. The van der Waals surface area contributed by atoms with Crippen LogP contribution in [0.1, 0.15) is 13.0 Å². The number of carboxylic acids is 1. The molecule has 1 unspecified atom stereocenters. The summed E-state index contributed by atoms with van der Waals surface area (Å²) in [6, 6.07) is 2.18. The molecule has 2 aromatic heterocycles. The molecule has 1 N–H and O–H groups in total. The fourth-order valence-corrected chi connectivity index (χ4v) is 1.32. The molecule has 1 atom stereocenters. The highest BCUT2D eigenvalue weighted by molar-refractivity contribution is 5.75. The summed E-state index contributed by atoms with van der Waals surface area (Å²) in [6.45, 7) is 1.40. The van der Waals surface area contributed by atoms with Gasteiger partial charge in [-0.1, -0.05) is 0 Å². The summed E-state index contributed by atoms with van der Waals surface area (Å²) in [7, 11) is 0. The zero-order valence-corrected chi connectivity index (χ0v) is 7.88. The Labute approximate surface area is 83.8 Å². The van der Waals surface area contributed by atoms with Gasteiger partial charge in [0, 0.05) is 6.20 Å². The highest BCUT2D eigenvalue weighted by Crippen LogP contribution is 2.13. The lowest BCUT2D eigenvalue weighted by Crippen LogP contribution is -2.24. The Morgan fingerprint density at radius 3 is 3.07 bits per heavy atom. The van der Waals surface area contributed by atoms with Crippen molar-refractivity contribution in [2.45, 2.75) is 13.0 Å². The minimum Gasteiger partial charge on any atom is -0.480 e. The molecule has 2 rings (SSSR count). The molecule has 15 heavy (non-hydrogen) atoms. The topological polar surface area (TPSA) is 85.3 Å². The summed E-state index contributed by atoms with van der Waals surface area (Å²) < 4.78 is 5.86. The van der Waals surface area contributed by atoms with E-state index in [1.165, 1.54) is 13.1 Å². The number of aliphatic carboxylic acids is 1. The maximum atomic E-state index is 11.4. The average molecular weight is 208 g/mol. The normalized spacial score (nSPS) is 12.9. The number of carboxylic acid groups (broad SMARTS) is 1. The number of pyridine rings is 1. The number of hydrogen-bond acceptors (Lipinski definition) is 4. The summed E-state index contributed by atoms with van der Waals surface area (Å²) >= 11 is 0. The first-order chi connectivity index (χ1) is 7.11. The molecule has 2 heterocycles. The summed E-state index contributed by atoms with van der Waals surface area (Å²) in [4.78, 5) is 26.1. The van der Waals surface area contributed by atoms with E-state index >= 15 is 0 Å². The molecular formula is C9H8N2O4. The summed E-state index contributed by atoms with van der Waals surface area (Å²) in [6.07, 6.45) is 1.47. The molecule has 0 aliphatic rings. The lowest BCUT2D eigenvalue weighted by Gasteiger charge is -2.05. The lowest BCUT2D eigenvalue weighted by molar-refractivity contribution is -0.140. The third-order valence-corrected chi connectivity index (χ3v) is 2.12. The fourth-order valence-electron chi connectivity index (χ4n) is 1.32. The lowest BCUT2D eigenvalue weighted by atomic mass is 10.3. The predicted molar refractivity (Wildman–Crippen MR) is 50.6 cm³/mol. The second kappa shape index (κ2) is 3.23. The molecule has 0 bridgehead atoms. The summed E-state index contributed by atoms with van der Waals surface area (Å²) in [5.41, 5.74) is 0.535. The monoisotopic (exact) mass is 208 g/mol. The van der Waals surface area contributed by atoms with Crippen LogP contribution >= 0.6 is 0 Å². The van der Waals surface area contributed by atoms with Crippen molar-refractivity contribution in [3.8, 4) is 0 Å². The Morgan fingerprint density at radius 1 is 1.67 bits per heavy atom. The van der Waals surface area contributed by atoms with Crippen LogP contribution in [0.4, 0.5) is 0 Å². The number of hydrogen-bond donors (Lipinski definition) is 1. The Balaban J connectivity index is 2.74. The van der Waals surface area contributed by atoms with E-state index < -0.39 is 17.8 Å². The molecule has 0 aliphatic carbocycles. The van der Waals surface area contributed by atoms with Gasteiger partial charge in [0.25, 0.3) is 0 Å². The minimum absolute atomic E-state index is 0.248. The van der Waals surface area contributed by atoms with Gasteiger partial charge in [0.1, 0.15) is 6.04 Å². The zero-order valence-electron chi connectivity index (χ0n) is 7.88. The van der Waals surface area contributed by atoms with Crippen molar-refractivity contribution in [1.82, 2.24) is 9.55 Å². The van der Waals surface area contributed by atoms with Crippen molar-refractivity contribution in [1.29, 1.82) is 0 Å². The summed E-state index contributed by atoms with van der Waals surface area (Å²) in [5.74, 6) is -1.82. The first-order valence-electron chi connectivity index (χ1n) is 4.30. The molecule has 0 amide bonds. The average Bonchev–Trinajstić information content (AvgIpc) is 2.52. The Kier molecular flexibility index (Phi) is 2.03. The van der Waals surface area contributed by atoms with Crippen LogP contribution in [0.3, 0.4) is 0 Å². The van der Waals surface area contributed by atoms with E-state index in [0.29, 0.717) is 0 Å². The fraction of sp³-hybridized carbons (Fsp3) is 0.222. The van der Waals surface area contributed by atoms with Crippen LogP contribution in [0.15, 0.2) is 27.5 Å². The molecule has 0 saturated carbocycles. The van der Waals surface area contributed by atoms with Gasteiger partial charge >= 0.3 is 11.7 Å². The van der Waals surface area contributed by atoms with Crippen LogP contribution in [0.25, 0.3) is 11.2 Å². The van der Waals surface area contributed by atoms with Crippen molar-refractivity contribution < 1.29 is 14.3 Å². The van der Waals surface area contributed by atoms with Crippen LogP contribution in [-0.2, 0) is 4.79 Å². The van der Waals surface area contributed by atoms with Crippen LogP contribution in [0, 0.1) is 0 Å². The molecule has 0 fully saturated rings. The first kappa shape index (κ1) is 9.45. The second-order valence-corrected chi connectivity index (χ2v) is 3.08. The number of oxazole rings is 1. The maximum Gasteiger partial charge on any atom is 0.422 e. The third-order valence-electron chi connectivity index (χ3n) is 2.12. The molecule has 6 heteroatoms. The quantitative estimate of drug-likeness (QED) is 0.782. The second-order valence-electron chi connectivity index (χ2n) is 3.08.